The average molecular weight is 1160 g/mol. The zero-order valence-electron chi connectivity index (χ0n) is 48.7. The molecule has 4 aliphatic carbocycles. The van der Waals surface area contributed by atoms with Crippen LogP contribution in [-0.4, -0.2) is 120 Å². The molecule has 2 aromatic carbocycles. The van der Waals surface area contributed by atoms with E-state index < -0.39 is 78.6 Å². The van der Waals surface area contributed by atoms with Crippen molar-refractivity contribution in [2.45, 2.75) is 155 Å². The lowest BCUT2D eigenvalue weighted by molar-refractivity contribution is -0.150. The summed E-state index contributed by atoms with van der Waals surface area (Å²) < 4.78 is 27.3. The average Bonchev–Trinajstić information content (AvgIpc) is 1.59. The summed E-state index contributed by atoms with van der Waals surface area (Å²) in [6, 6.07) is 8.57. The molecule has 2 aliphatic heterocycles. The van der Waals surface area contributed by atoms with Crippen LogP contribution in [0.5, 0.6) is 0 Å². The number of allylic oxidation sites excluding steroid dienone is 2. The number of esters is 1. The van der Waals surface area contributed by atoms with E-state index in [0.717, 1.165) is 34.9 Å². The predicted octanol–water partition coefficient (Wildman–Crippen LogP) is 5.04. The Labute approximate surface area is 488 Å². The number of nitrogens with zero attached hydrogens (tertiary/aromatic N) is 2. The van der Waals surface area contributed by atoms with Gasteiger partial charge < -0.3 is 41.4 Å². The van der Waals surface area contributed by atoms with Crippen LogP contribution in [-0.2, 0) is 76.7 Å². The smallest absolute Gasteiger partial charge is 0.313 e. The third-order valence-corrected chi connectivity index (χ3v) is 18.5. The highest BCUT2D eigenvalue weighted by molar-refractivity contribution is 6.12. The largest absolute Gasteiger partial charge is 0.460 e. The number of imide groups is 1. The third kappa shape index (κ3) is 12.7. The number of Topliss-reactive ketones (excluding diaryl/α,β-unsaturated/α-hetero) is 1. The Morgan fingerprint density at radius 1 is 0.869 bits per heavy atom. The number of ketones is 1. The molecule has 6 N–H and O–H groups in total. The SMILES string of the molecule is CCC1C(=O)OCC2=C1C=C1c3nc4cc(F)c(C)c5c4c(c3CC1C2=O)C(NC(=O)C1(OCNC(=O)CNC(=O)C(Cc2ccccc2)NC(=O)CNC(=O)CNC(=O)CCCCCN2C(=O)CC(C(C)(CC)CC)C2=O)CCCC1)CC5. The highest BCUT2D eigenvalue weighted by atomic mass is 19.1. The van der Waals surface area contributed by atoms with Crippen LogP contribution in [0.4, 0.5) is 4.39 Å². The van der Waals surface area contributed by atoms with Gasteiger partial charge in [0.15, 0.2) is 5.78 Å². The van der Waals surface area contributed by atoms with E-state index in [9.17, 15) is 47.9 Å². The first-order chi connectivity index (χ1) is 40.3. The number of ether oxygens (including phenoxy) is 2. The summed E-state index contributed by atoms with van der Waals surface area (Å²) in [6.07, 6.45) is 9.29. The van der Waals surface area contributed by atoms with Crippen molar-refractivity contribution in [1.82, 2.24) is 41.8 Å². The molecule has 0 spiro atoms. The lowest BCUT2D eigenvalue weighted by Crippen LogP contribution is -2.53. The van der Waals surface area contributed by atoms with Gasteiger partial charge in [-0.1, -0.05) is 70.5 Å². The normalized spacial score (nSPS) is 20.8. The summed E-state index contributed by atoms with van der Waals surface area (Å²) in [7, 11) is 0. The van der Waals surface area contributed by atoms with Crippen molar-refractivity contribution < 1.29 is 61.8 Å². The van der Waals surface area contributed by atoms with Crippen molar-refractivity contribution >= 4 is 75.5 Å². The molecule has 0 radical (unpaired) electrons. The van der Waals surface area contributed by atoms with Crippen LogP contribution >= 0.6 is 0 Å². The van der Waals surface area contributed by atoms with Crippen LogP contribution in [0.25, 0.3) is 16.5 Å². The summed E-state index contributed by atoms with van der Waals surface area (Å²) in [4.78, 5) is 139. The molecular formula is C63H77FN8O12. The van der Waals surface area contributed by atoms with Crippen molar-refractivity contribution in [1.29, 1.82) is 0 Å². The second-order valence-electron chi connectivity index (χ2n) is 23.5. The van der Waals surface area contributed by atoms with E-state index in [1.807, 2.05) is 33.8 Å². The number of aromatic nitrogens is 1. The summed E-state index contributed by atoms with van der Waals surface area (Å²) in [5.74, 6) is -6.09. The molecular weight excluding hydrogens is 1080 g/mol. The molecule has 2 fully saturated rings. The van der Waals surface area contributed by atoms with Crippen molar-refractivity contribution in [3.05, 3.63) is 92.9 Å². The number of benzene rings is 2. The molecule has 3 aromatic rings. The number of pyridine rings is 1. The van der Waals surface area contributed by atoms with Gasteiger partial charge in [0.2, 0.25) is 41.4 Å². The summed E-state index contributed by atoms with van der Waals surface area (Å²) in [5.41, 5.74) is 4.81. The molecule has 8 amide bonds. The zero-order chi connectivity index (χ0) is 60.0. The first-order valence-corrected chi connectivity index (χ1v) is 29.8. The predicted molar refractivity (Wildman–Crippen MR) is 306 cm³/mol. The highest BCUT2D eigenvalue weighted by Gasteiger charge is 2.49. The number of nitrogens with one attached hydrogen (secondary N) is 6. The molecule has 448 valence electrons. The van der Waals surface area contributed by atoms with Gasteiger partial charge in [0, 0.05) is 42.8 Å². The van der Waals surface area contributed by atoms with E-state index >= 15 is 4.39 Å². The number of likely N-dealkylation sites (tertiary alicyclic amines) is 1. The fourth-order valence-electron chi connectivity index (χ4n) is 13.1. The van der Waals surface area contributed by atoms with Gasteiger partial charge in [-0.2, -0.15) is 0 Å². The number of halogens is 1. The maximum Gasteiger partial charge on any atom is 0.313 e. The number of cyclic esters (lactones) is 1. The Morgan fingerprint density at radius 3 is 2.30 bits per heavy atom. The topological polar surface area (TPSA) is 277 Å². The Morgan fingerprint density at radius 2 is 1.57 bits per heavy atom. The van der Waals surface area contributed by atoms with E-state index in [0.29, 0.717) is 116 Å². The molecule has 0 bridgehead atoms. The minimum absolute atomic E-state index is 0.0522. The number of carbonyl (C=O) groups is 10. The van der Waals surface area contributed by atoms with Gasteiger partial charge in [0.05, 0.1) is 54.6 Å². The summed E-state index contributed by atoms with van der Waals surface area (Å²) >= 11 is 0. The number of hydrogen-bond donors (Lipinski definition) is 6. The van der Waals surface area contributed by atoms with Crippen LogP contribution in [0.1, 0.15) is 151 Å². The standard InChI is InChI=1S/C63H77FN8O12/c1-6-37-39-26-40-41(57(78)43(39)33-83-60(37)81)27-42-55-46(21-20-38-35(4)45(64)29-47(54(38)55)70-56(40)42)71-61(82)63(22-14-15-23-63)84-34-68-51(75)31-67-58(79)48(25-36-17-11-9-12-18-36)69-52(76)32-66-50(74)30-65-49(73)19-13-10-16-24-72-53(77)28-44(59(72)80)62(5,7-2)8-3/h9,11-12,17-18,26,29,37,41,44,46,48H,6-8,10,13-16,19-25,27-28,30-34H2,1-5H3,(H,65,73)(H,66,74)(H,67,79)(H,68,75)(H,69,76)(H,71,82). The van der Waals surface area contributed by atoms with Gasteiger partial charge in [-0.25, -0.2) is 9.37 Å². The van der Waals surface area contributed by atoms with Crippen molar-refractivity contribution in [2.24, 2.45) is 23.2 Å². The summed E-state index contributed by atoms with van der Waals surface area (Å²) in [5, 5.41) is 16.8. The molecule has 21 heteroatoms. The van der Waals surface area contributed by atoms with Gasteiger partial charge in [-0.3, -0.25) is 52.8 Å². The lowest BCUT2D eigenvalue weighted by atomic mass is 9.72. The van der Waals surface area contributed by atoms with Crippen LogP contribution in [0, 0.1) is 35.9 Å². The molecule has 84 heavy (non-hydrogen) atoms. The van der Waals surface area contributed by atoms with Gasteiger partial charge in [0.1, 0.15) is 30.8 Å². The first-order valence-electron chi connectivity index (χ1n) is 29.8. The second-order valence-corrected chi connectivity index (χ2v) is 23.5. The lowest BCUT2D eigenvalue weighted by Gasteiger charge is -2.34. The number of unbranched alkanes of at least 4 members (excludes halogenated alkanes) is 2. The molecule has 20 nitrogen and oxygen atoms in total. The Kier molecular flexibility index (Phi) is 18.9. The van der Waals surface area contributed by atoms with E-state index in [2.05, 4.69) is 31.9 Å². The van der Waals surface area contributed by atoms with Gasteiger partial charge in [-0.05, 0) is 128 Å². The van der Waals surface area contributed by atoms with Gasteiger partial charge >= 0.3 is 5.97 Å². The molecule has 5 unspecified atom stereocenters. The van der Waals surface area contributed by atoms with Crippen LogP contribution < -0.4 is 31.9 Å². The van der Waals surface area contributed by atoms with Crippen molar-refractivity contribution in [3.8, 4) is 0 Å². The number of fused-ring (bicyclic) bond motifs is 4. The fourth-order valence-corrected chi connectivity index (χ4v) is 13.1. The number of rotatable bonds is 25. The number of carbonyl (C=O) groups excluding carboxylic acids is 10. The molecule has 9 rings (SSSR count). The molecule has 5 atom stereocenters. The van der Waals surface area contributed by atoms with E-state index in [4.69, 9.17) is 14.5 Å². The van der Waals surface area contributed by atoms with Crippen molar-refractivity contribution in [3.63, 3.8) is 0 Å². The monoisotopic (exact) mass is 1160 g/mol. The molecule has 3 heterocycles. The van der Waals surface area contributed by atoms with Gasteiger partial charge in [0.25, 0.3) is 5.91 Å². The molecule has 1 aromatic heterocycles. The number of hydrogen-bond acceptors (Lipinski definition) is 13. The molecule has 1 saturated carbocycles. The van der Waals surface area contributed by atoms with Crippen LogP contribution in [0.15, 0.2) is 53.6 Å². The van der Waals surface area contributed by atoms with Crippen LogP contribution in [0.2, 0.25) is 0 Å². The van der Waals surface area contributed by atoms with Crippen molar-refractivity contribution in [2.75, 3.05) is 39.5 Å². The summed E-state index contributed by atoms with van der Waals surface area (Å²) in [6.45, 7) is 8.15. The maximum atomic E-state index is 15.6. The highest BCUT2D eigenvalue weighted by Crippen LogP contribution is 2.51. The second kappa shape index (κ2) is 26.1. The van der Waals surface area contributed by atoms with Crippen LogP contribution in [0.3, 0.4) is 0 Å². The Bertz CT molecular complexity index is 3220. The number of amides is 8. The maximum absolute atomic E-state index is 15.6. The molecule has 6 aliphatic rings. The quantitative estimate of drug-likeness (QED) is 0.0281. The van der Waals surface area contributed by atoms with E-state index in [1.54, 1.807) is 37.3 Å². The first kappa shape index (κ1) is 60.9. The van der Waals surface area contributed by atoms with Gasteiger partial charge in [-0.15, -0.1) is 0 Å². The third-order valence-electron chi connectivity index (χ3n) is 18.5. The minimum Gasteiger partial charge on any atom is -0.460 e. The van der Waals surface area contributed by atoms with E-state index in [1.165, 1.54) is 11.0 Å². The van der Waals surface area contributed by atoms with E-state index in [-0.39, 0.29) is 79.3 Å². The number of aryl methyl sites for hydroxylation is 1. The molecule has 1 saturated heterocycles. The zero-order valence-corrected chi connectivity index (χ0v) is 48.7. The Balaban J connectivity index is 0.752. The minimum atomic E-state index is -1.31. The Hall–Kier alpha value is -7.68. The fraction of sp³-hybridized carbons (Fsp3) is 0.540.